The molecular formula is C16H13ClOSe. The monoisotopic (exact) mass is 336 g/mol. The van der Waals surface area contributed by atoms with Crippen LogP contribution in [0.3, 0.4) is 0 Å². The van der Waals surface area contributed by atoms with E-state index in [1.165, 1.54) is 24.9 Å². The Morgan fingerprint density at radius 1 is 1.05 bits per heavy atom. The average Bonchev–Trinajstić information content (AvgIpc) is 2.76. The zero-order chi connectivity index (χ0) is 13.2. The summed E-state index contributed by atoms with van der Waals surface area (Å²) in [6.45, 7) is 0. The molecule has 3 aromatic rings. The Morgan fingerprint density at radius 3 is 2.68 bits per heavy atom. The molecule has 0 saturated heterocycles. The summed E-state index contributed by atoms with van der Waals surface area (Å²) in [6, 6.07) is 15.3. The van der Waals surface area contributed by atoms with Crippen LogP contribution in [0.4, 0.5) is 0 Å². The number of fused-ring (bicyclic) bond motifs is 3. The van der Waals surface area contributed by atoms with Crippen LogP contribution < -0.4 is 0 Å². The van der Waals surface area contributed by atoms with E-state index in [0.717, 1.165) is 12.8 Å². The Labute approximate surface area is 122 Å². The van der Waals surface area contributed by atoms with Crippen molar-refractivity contribution in [2.45, 2.75) is 19.3 Å². The van der Waals surface area contributed by atoms with Crippen molar-refractivity contribution in [3.05, 3.63) is 48.0 Å². The van der Waals surface area contributed by atoms with Gasteiger partial charge in [0.15, 0.2) is 0 Å². The second kappa shape index (κ2) is 5.50. The molecule has 0 unspecified atom stereocenters. The van der Waals surface area contributed by atoms with Crippen LogP contribution in [0.2, 0.25) is 0 Å². The van der Waals surface area contributed by atoms with Gasteiger partial charge < -0.3 is 0 Å². The van der Waals surface area contributed by atoms with Gasteiger partial charge in [-0.15, -0.1) is 0 Å². The first kappa shape index (κ1) is 12.9. The molecule has 0 aliphatic heterocycles. The van der Waals surface area contributed by atoms with E-state index in [9.17, 15) is 4.79 Å². The molecule has 0 N–H and O–H groups in total. The van der Waals surface area contributed by atoms with E-state index in [4.69, 9.17) is 11.6 Å². The van der Waals surface area contributed by atoms with Crippen molar-refractivity contribution in [3.63, 3.8) is 0 Å². The van der Waals surface area contributed by atoms with Gasteiger partial charge in [0.2, 0.25) is 0 Å². The zero-order valence-corrected chi connectivity index (χ0v) is 12.8. The first-order valence-electron chi connectivity index (χ1n) is 6.32. The first-order valence-corrected chi connectivity index (χ1v) is 8.41. The third kappa shape index (κ3) is 2.76. The Bertz CT molecular complexity index is 745. The molecule has 0 atom stereocenters. The molecule has 1 heterocycles. The van der Waals surface area contributed by atoms with Gasteiger partial charge in [0, 0.05) is 0 Å². The SMILES string of the molecule is O=C(Cl)CCCc1ccc2[se]c3ccccc3c2c1. The van der Waals surface area contributed by atoms with Gasteiger partial charge in [0.1, 0.15) is 0 Å². The molecule has 0 radical (unpaired) electrons. The number of carbonyl (C=O) groups is 1. The minimum absolute atomic E-state index is 0.241. The number of rotatable bonds is 4. The average molecular weight is 336 g/mol. The van der Waals surface area contributed by atoms with Gasteiger partial charge in [-0.05, 0) is 0 Å². The predicted molar refractivity (Wildman–Crippen MR) is 82.2 cm³/mol. The summed E-state index contributed by atoms with van der Waals surface area (Å²) >= 11 is 5.81. The summed E-state index contributed by atoms with van der Waals surface area (Å²) in [7, 11) is 0. The molecule has 0 saturated carbocycles. The second-order valence-corrected chi connectivity index (χ2v) is 7.33. The van der Waals surface area contributed by atoms with Gasteiger partial charge >= 0.3 is 123 Å². The molecule has 1 nitrogen and oxygen atoms in total. The molecule has 3 rings (SSSR count). The number of hydrogen-bond donors (Lipinski definition) is 0. The fraction of sp³-hybridized carbons (Fsp3) is 0.188. The number of hydrogen-bond acceptors (Lipinski definition) is 1. The third-order valence-electron chi connectivity index (χ3n) is 3.28. The van der Waals surface area contributed by atoms with Gasteiger partial charge in [0.25, 0.3) is 0 Å². The van der Waals surface area contributed by atoms with Crippen LogP contribution in [0.25, 0.3) is 19.3 Å². The topological polar surface area (TPSA) is 17.1 Å². The van der Waals surface area contributed by atoms with Gasteiger partial charge in [-0.2, -0.15) is 0 Å². The molecule has 0 bridgehead atoms. The molecule has 19 heavy (non-hydrogen) atoms. The number of halogens is 1. The van der Waals surface area contributed by atoms with E-state index in [1.54, 1.807) is 0 Å². The summed E-state index contributed by atoms with van der Waals surface area (Å²) in [4.78, 5) is 10.8. The predicted octanol–water partition coefficient (Wildman–Crippen LogP) is 4.14. The third-order valence-corrected chi connectivity index (χ3v) is 5.89. The summed E-state index contributed by atoms with van der Waals surface area (Å²) in [6.07, 6.45) is 2.20. The Balaban J connectivity index is 1.95. The van der Waals surface area contributed by atoms with E-state index in [1.807, 2.05) is 0 Å². The summed E-state index contributed by atoms with van der Waals surface area (Å²) in [5.41, 5.74) is 1.30. The first-order chi connectivity index (χ1) is 9.24. The summed E-state index contributed by atoms with van der Waals surface area (Å²) < 4.78 is 2.93. The van der Waals surface area contributed by atoms with E-state index in [2.05, 4.69) is 42.5 Å². The van der Waals surface area contributed by atoms with Gasteiger partial charge in [-0.25, -0.2) is 0 Å². The van der Waals surface area contributed by atoms with Gasteiger partial charge in [-0.3, -0.25) is 0 Å². The molecule has 96 valence electrons. The van der Waals surface area contributed by atoms with Crippen LogP contribution in [0.5, 0.6) is 0 Å². The van der Waals surface area contributed by atoms with Crippen molar-refractivity contribution >= 4 is 50.6 Å². The molecule has 0 amide bonds. The minimum atomic E-state index is -0.241. The fourth-order valence-corrected chi connectivity index (χ4v) is 4.77. The number of carbonyl (C=O) groups excluding carboxylic acids is 1. The maximum atomic E-state index is 10.8. The molecular weight excluding hydrogens is 323 g/mol. The second-order valence-electron chi connectivity index (χ2n) is 4.64. The Kier molecular flexibility index (Phi) is 3.74. The van der Waals surface area contributed by atoms with E-state index >= 15 is 0 Å². The van der Waals surface area contributed by atoms with Crippen molar-refractivity contribution in [1.82, 2.24) is 0 Å². The maximum absolute atomic E-state index is 10.8. The molecule has 0 fully saturated rings. The molecule has 1 aromatic heterocycles. The zero-order valence-electron chi connectivity index (χ0n) is 10.4. The van der Waals surface area contributed by atoms with E-state index < -0.39 is 0 Å². The standard InChI is InChI=1S/C16H13ClOSe/c17-16(18)7-3-4-11-8-9-15-13(10-11)12-5-1-2-6-14(12)19-15/h1-2,5-6,8-10H,3-4,7H2. The van der Waals surface area contributed by atoms with Gasteiger partial charge in [0.05, 0.1) is 0 Å². The quantitative estimate of drug-likeness (QED) is 0.517. The Hall–Kier alpha value is -1.08. The van der Waals surface area contributed by atoms with E-state index in [-0.39, 0.29) is 5.24 Å². The fourth-order valence-electron chi connectivity index (χ4n) is 2.36. The molecule has 0 aliphatic rings. The van der Waals surface area contributed by atoms with Crippen LogP contribution >= 0.6 is 11.6 Å². The molecule has 3 heteroatoms. The summed E-state index contributed by atoms with van der Waals surface area (Å²) in [5, 5.41) is 2.52. The van der Waals surface area contributed by atoms with Crippen LogP contribution in [0.15, 0.2) is 42.5 Å². The van der Waals surface area contributed by atoms with Gasteiger partial charge in [-0.1, -0.05) is 0 Å². The van der Waals surface area contributed by atoms with Crippen LogP contribution in [-0.2, 0) is 11.2 Å². The number of aryl methyl sites for hydroxylation is 1. The molecule has 2 aromatic carbocycles. The van der Waals surface area contributed by atoms with Crippen molar-refractivity contribution in [1.29, 1.82) is 0 Å². The van der Waals surface area contributed by atoms with Crippen LogP contribution in [0.1, 0.15) is 18.4 Å². The van der Waals surface area contributed by atoms with Crippen molar-refractivity contribution in [2.75, 3.05) is 0 Å². The van der Waals surface area contributed by atoms with Crippen molar-refractivity contribution < 1.29 is 4.79 Å². The van der Waals surface area contributed by atoms with E-state index in [0.29, 0.717) is 20.9 Å². The molecule has 0 aliphatic carbocycles. The van der Waals surface area contributed by atoms with Crippen LogP contribution in [0, 0.1) is 0 Å². The number of benzene rings is 2. The van der Waals surface area contributed by atoms with Crippen molar-refractivity contribution in [3.8, 4) is 0 Å². The van der Waals surface area contributed by atoms with Crippen molar-refractivity contribution in [2.24, 2.45) is 0 Å². The Morgan fingerprint density at radius 2 is 1.84 bits per heavy atom. The molecule has 0 spiro atoms. The normalized spacial score (nSPS) is 11.2. The van der Waals surface area contributed by atoms with Crippen LogP contribution in [-0.4, -0.2) is 19.7 Å². The summed E-state index contributed by atoms with van der Waals surface area (Å²) in [5.74, 6) is 0.